The Labute approximate surface area is 241 Å². The highest BCUT2D eigenvalue weighted by molar-refractivity contribution is 6.07. The van der Waals surface area contributed by atoms with Crippen LogP contribution in [0.2, 0.25) is 0 Å². The van der Waals surface area contributed by atoms with Crippen LogP contribution < -0.4 is 5.73 Å². The zero-order chi connectivity index (χ0) is 29.1. The van der Waals surface area contributed by atoms with Crippen molar-refractivity contribution in [3.8, 4) is 0 Å². The van der Waals surface area contributed by atoms with Crippen LogP contribution in [0, 0.1) is 23.2 Å². The Balaban J connectivity index is 1.06. The molecule has 1 saturated carbocycles. The molecule has 11 heteroatoms. The number of aliphatic carboxylic acids is 1. The number of piperazine rings is 1. The van der Waals surface area contributed by atoms with Crippen molar-refractivity contribution in [2.45, 2.75) is 76.7 Å². The highest BCUT2D eigenvalue weighted by Crippen LogP contribution is 2.37. The van der Waals surface area contributed by atoms with E-state index in [1.807, 2.05) is 0 Å². The Morgan fingerprint density at radius 1 is 0.927 bits per heavy atom. The molecule has 0 spiro atoms. The van der Waals surface area contributed by atoms with Crippen LogP contribution in [0.1, 0.15) is 70.6 Å². The van der Waals surface area contributed by atoms with Crippen molar-refractivity contribution < 1.29 is 24.3 Å². The van der Waals surface area contributed by atoms with E-state index in [1.54, 1.807) is 9.80 Å². The average Bonchev–Trinajstić information content (AvgIpc) is 3.46. The van der Waals surface area contributed by atoms with Crippen LogP contribution >= 0.6 is 0 Å². The molecule has 0 bridgehead atoms. The molecule has 0 aromatic heterocycles. The molecule has 3 saturated heterocycles. The van der Waals surface area contributed by atoms with Gasteiger partial charge < -0.3 is 25.5 Å². The largest absolute Gasteiger partial charge is 0.480 e. The summed E-state index contributed by atoms with van der Waals surface area (Å²) in [6.07, 6.45) is 15.2. The van der Waals surface area contributed by atoms with Crippen molar-refractivity contribution >= 4 is 29.8 Å². The number of likely N-dealkylation sites (tertiary alicyclic amines) is 2. The van der Waals surface area contributed by atoms with Crippen LogP contribution in [0.15, 0.2) is 23.3 Å². The molecule has 0 aromatic carbocycles. The fourth-order valence-corrected chi connectivity index (χ4v) is 7.37. The van der Waals surface area contributed by atoms with Gasteiger partial charge >= 0.3 is 12.0 Å². The Morgan fingerprint density at radius 3 is 2.32 bits per heavy atom. The van der Waals surface area contributed by atoms with Crippen molar-refractivity contribution in [3.05, 3.63) is 23.3 Å². The number of carboxylic acids is 1. The predicted molar refractivity (Wildman–Crippen MR) is 153 cm³/mol. The Hall–Kier alpha value is -3.37. The molecule has 5 aliphatic rings. The van der Waals surface area contributed by atoms with E-state index in [9.17, 15) is 24.3 Å². The van der Waals surface area contributed by atoms with Crippen LogP contribution in [-0.2, 0) is 14.4 Å². The second-order valence-electron chi connectivity index (χ2n) is 12.4. The Bertz CT molecular complexity index is 1120. The standard InChI is InChI=1S/C30H44N6O5/c31-29(32)35-12-4-5-21(19-35)18-24-26(28(39)40)36(27(24)38)30(41)34-15-13-33(14-16-34)25(37)11-9-20-8-10-23(17-20)22-6-2-1-3-7-22/h8,10,21-22,24,26H,1-7,9,11-19H2,(H3,31,32)(H,39,40)/t21?,24-,26?/m1/s1. The Morgan fingerprint density at radius 2 is 1.63 bits per heavy atom. The minimum atomic E-state index is -1.19. The number of hydrogen-bond donors (Lipinski definition) is 3. The summed E-state index contributed by atoms with van der Waals surface area (Å²) in [5.41, 5.74) is 8.47. The normalized spacial score (nSPS) is 27.3. The summed E-state index contributed by atoms with van der Waals surface area (Å²) in [4.78, 5) is 57.1. The van der Waals surface area contributed by atoms with Crippen molar-refractivity contribution in [1.29, 1.82) is 5.41 Å². The number of carbonyl (C=O) groups excluding carboxylic acids is 3. The van der Waals surface area contributed by atoms with Crippen LogP contribution in [0.4, 0.5) is 4.79 Å². The van der Waals surface area contributed by atoms with E-state index in [0.717, 1.165) is 30.6 Å². The first kappa shape index (κ1) is 29.1. The van der Waals surface area contributed by atoms with Crippen molar-refractivity contribution in [3.63, 3.8) is 0 Å². The number of hydrogen-bond acceptors (Lipinski definition) is 5. The van der Waals surface area contributed by atoms with E-state index in [-0.39, 0.29) is 30.9 Å². The number of allylic oxidation sites excluding steroid dienone is 4. The van der Waals surface area contributed by atoms with Crippen LogP contribution in [0.5, 0.6) is 0 Å². The van der Waals surface area contributed by atoms with Gasteiger partial charge in [-0.05, 0) is 56.8 Å². The van der Waals surface area contributed by atoms with E-state index in [0.29, 0.717) is 44.9 Å². The third kappa shape index (κ3) is 6.43. The molecule has 11 nitrogen and oxygen atoms in total. The number of piperidine rings is 1. The summed E-state index contributed by atoms with van der Waals surface area (Å²) in [5, 5.41) is 17.5. The average molecular weight is 569 g/mol. The number of nitrogens with one attached hydrogen (secondary N) is 1. The summed E-state index contributed by atoms with van der Waals surface area (Å²) in [6, 6.07) is -1.77. The lowest BCUT2D eigenvalue weighted by Gasteiger charge is -2.47. The molecule has 4 fully saturated rings. The molecule has 0 radical (unpaired) electrons. The first-order valence-electron chi connectivity index (χ1n) is 15.3. The molecule has 41 heavy (non-hydrogen) atoms. The second-order valence-corrected chi connectivity index (χ2v) is 12.4. The molecular weight excluding hydrogens is 524 g/mol. The third-order valence-corrected chi connectivity index (χ3v) is 9.78. The van der Waals surface area contributed by atoms with Gasteiger partial charge in [0.15, 0.2) is 12.0 Å². The number of imide groups is 1. The molecule has 3 heterocycles. The lowest BCUT2D eigenvalue weighted by Crippen LogP contribution is -2.70. The summed E-state index contributed by atoms with van der Waals surface area (Å²) in [5.74, 6) is -1.59. The number of β-lactam (4-membered cyclic amide) rings is 1. The van der Waals surface area contributed by atoms with Crippen LogP contribution in [-0.4, -0.2) is 99.8 Å². The topological polar surface area (TPSA) is 151 Å². The van der Waals surface area contributed by atoms with Gasteiger partial charge in [-0.1, -0.05) is 42.6 Å². The monoisotopic (exact) mass is 568 g/mol. The lowest BCUT2D eigenvalue weighted by molar-refractivity contribution is -0.167. The van der Waals surface area contributed by atoms with Crippen molar-refractivity contribution in [2.75, 3.05) is 39.3 Å². The van der Waals surface area contributed by atoms with Crippen molar-refractivity contribution in [1.82, 2.24) is 19.6 Å². The van der Waals surface area contributed by atoms with E-state index in [4.69, 9.17) is 11.1 Å². The van der Waals surface area contributed by atoms with E-state index in [2.05, 4.69) is 12.2 Å². The molecule has 4 N–H and O–H groups in total. The number of guanidine groups is 1. The molecule has 2 unspecified atom stereocenters. The summed E-state index contributed by atoms with van der Waals surface area (Å²) in [6.45, 7) is 2.51. The molecule has 3 aliphatic heterocycles. The third-order valence-electron chi connectivity index (χ3n) is 9.78. The first-order valence-corrected chi connectivity index (χ1v) is 15.3. The van der Waals surface area contributed by atoms with E-state index >= 15 is 0 Å². The smallest absolute Gasteiger partial charge is 0.327 e. The maximum atomic E-state index is 13.2. The van der Waals surface area contributed by atoms with Crippen LogP contribution in [0.25, 0.3) is 0 Å². The molecule has 4 amide bonds. The summed E-state index contributed by atoms with van der Waals surface area (Å²) < 4.78 is 0. The van der Waals surface area contributed by atoms with E-state index in [1.165, 1.54) is 48.2 Å². The zero-order valence-electron chi connectivity index (χ0n) is 23.9. The highest BCUT2D eigenvalue weighted by Gasteiger charge is 2.56. The van der Waals surface area contributed by atoms with Gasteiger partial charge in [0.05, 0.1) is 5.92 Å². The first-order chi connectivity index (χ1) is 19.7. The van der Waals surface area contributed by atoms with E-state index < -0.39 is 29.9 Å². The molecule has 2 aliphatic carbocycles. The maximum Gasteiger partial charge on any atom is 0.327 e. The van der Waals surface area contributed by atoms with Crippen LogP contribution in [0.3, 0.4) is 0 Å². The minimum Gasteiger partial charge on any atom is -0.480 e. The predicted octanol–water partition coefficient (Wildman–Crippen LogP) is 2.77. The van der Waals surface area contributed by atoms with Gasteiger partial charge in [-0.15, -0.1) is 0 Å². The van der Waals surface area contributed by atoms with Gasteiger partial charge in [-0.2, -0.15) is 0 Å². The molecular formula is C30H44N6O5. The summed E-state index contributed by atoms with van der Waals surface area (Å²) in [7, 11) is 0. The molecule has 5 rings (SSSR count). The van der Waals surface area contributed by atoms with Gasteiger partial charge in [0.25, 0.3) is 0 Å². The van der Waals surface area contributed by atoms with Gasteiger partial charge in [0, 0.05) is 45.7 Å². The highest BCUT2D eigenvalue weighted by atomic mass is 16.4. The fraction of sp³-hybridized carbons (Fsp3) is 0.700. The number of carbonyl (C=O) groups is 4. The number of nitrogens with two attached hydrogens (primary N) is 1. The minimum absolute atomic E-state index is 0.0183. The number of rotatable bonds is 7. The Kier molecular flexibility index (Phi) is 8.99. The van der Waals surface area contributed by atoms with Crippen molar-refractivity contribution in [2.24, 2.45) is 23.5 Å². The SMILES string of the molecule is N=C(N)N1CCCC(C[C@H]2C(=O)N(C(=O)N3CCN(C(=O)CCC4=CC=C(C5CCCCC5)C4)CC3)C2C(=O)O)C1. The van der Waals surface area contributed by atoms with Gasteiger partial charge in [0.2, 0.25) is 11.8 Å². The molecule has 3 atom stereocenters. The quantitative estimate of drug-likeness (QED) is 0.243. The lowest BCUT2D eigenvalue weighted by atomic mass is 9.78. The number of amides is 4. The maximum absolute atomic E-state index is 13.2. The summed E-state index contributed by atoms with van der Waals surface area (Å²) >= 11 is 0. The van der Waals surface area contributed by atoms with Gasteiger partial charge in [-0.3, -0.25) is 15.0 Å². The molecule has 224 valence electrons. The number of urea groups is 1. The number of carboxylic acid groups (broad SMARTS) is 1. The van der Waals surface area contributed by atoms with Gasteiger partial charge in [-0.25, -0.2) is 14.5 Å². The fourth-order valence-electron chi connectivity index (χ4n) is 7.37. The zero-order valence-corrected chi connectivity index (χ0v) is 23.9. The second kappa shape index (κ2) is 12.7. The molecule has 0 aromatic rings. The van der Waals surface area contributed by atoms with Gasteiger partial charge in [0.1, 0.15) is 0 Å². The number of nitrogens with zero attached hydrogens (tertiary/aromatic N) is 4.